The lowest BCUT2D eigenvalue weighted by Crippen LogP contribution is -2.33. The van der Waals surface area contributed by atoms with Crippen LogP contribution in [0.25, 0.3) is 0 Å². The quantitative estimate of drug-likeness (QED) is 0.0770. The summed E-state index contributed by atoms with van der Waals surface area (Å²) in [6, 6.07) is 68.0. The largest absolute Gasteiger partial charge is 0.471 e. The first-order valence-corrected chi connectivity index (χ1v) is 28.0. The SMILES string of the molecule is Br.O=C(Nc1cc(Cl)c(Br)cc1CBr)C(F)(F)F.O=C(Nc1cc(Cl)c(Br)cc1C[P+](c1ccccc1)(c1ccccc1)c1ccccc1)C(F)(F)F.c1ccc(P(c2ccccc2)c2ccccc2)cc1. The molecule has 372 valence electrons. The second-order valence-corrected chi connectivity index (χ2v) is 24.0. The minimum absolute atomic E-state index is 0. The Morgan fingerprint density at radius 3 is 1.04 bits per heavy atom. The van der Waals surface area contributed by atoms with E-state index < -0.39 is 39.4 Å². The third-order valence-electron chi connectivity index (χ3n) is 10.5. The number of nitrogens with one attached hydrogen (secondary N) is 2. The van der Waals surface area contributed by atoms with Crippen LogP contribution in [0, 0.1) is 0 Å². The normalized spacial score (nSPS) is 11.2. The van der Waals surface area contributed by atoms with Gasteiger partial charge in [-0.2, -0.15) is 26.3 Å². The number of rotatable bonds is 11. The van der Waals surface area contributed by atoms with Crippen molar-refractivity contribution in [2.75, 3.05) is 10.6 Å². The van der Waals surface area contributed by atoms with Crippen LogP contribution in [-0.2, 0) is 21.1 Å². The van der Waals surface area contributed by atoms with Crippen LogP contribution in [0.3, 0.4) is 0 Å². The van der Waals surface area contributed by atoms with Crippen LogP contribution >= 0.6 is 103 Å². The second kappa shape index (κ2) is 27.3. The van der Waals surface area contributed by atoms with Gasteiger partial charge in [0, 0.05) is 31.2 Å². The third kappa shape index (κ3) is 15.6. The molecule has 18 heteroatoms. The summed E-state index contributed by atoms with van der Waals surface area (Å²) in [5.74, 6) is -4.07. The summed E-state index contributed by atoms with van der Waals surface area (Å²) in [7, 11) is -2.86. The lowest BCUT2D eigenvalue weighted by atomic mass is 10.2. The van der Waals surface area contributed by atoms with Crippen molar-refractivity contribution in [2.45, 2.75) is 23.8 Å². The minimum atomic E-state index is -5.03. The highest BCUT2D eigenvalue weighted by Gasteiger charge is 2.47. The van der Waals surface area contributed by atoms with Crippen LogP contribution in [0.4, 0.5) is 37.7 Å². The molecule has 0 saturated heterocycles. The van der Waals surface area contributed by atoms with E-state index in [2.05, 4.69) is 139 Å². The number of alkyl halides is 7. The van der Waals surface area contributed by atoms with Crippen LogP contribution in [-0.4, -0.2) is 24.2 Å². The number of amides is 2. The number of halogens is 12. The first-order valence-electron chi connectivity index (χ1n) is 21.2. The van der Waals surface area contributed by atoms with Crippen molar-refractivity contribution < 1.29 is 35.9 Å². The molecular formula is C54H41Br4Cl2F6N2O2P2+. The van der Waals surface area contributed by atoms with Gasteiger partial charge >= 0.3 is 24.2 Å². The van der Waals surface area contributed by atoms with Crippen LogP contribution in [0.2, 0.25) is 10.0 Å². The fourth-order valence-corrected chi connectivity index (χ4v) is 15.4. The van der Waals surface area contributed by atoms with Crippen molar-refractivity contribution >= 4 is 158 Å². The topological polar surface area (TPSA) is 58.2 Å². The van der Waals surface area contributed by atoms with Gasteiger partial charge in [0.1, 0.15) is 29.3 Å². The summed E-state index contributed by atoms with van der Waals surface area (Å²) in [6.45, 7) is 0. The summed E-state index contributed by atoms with van der Waals surface area (Å²) in [5.41, 5.74) is 1.09. The molecule has 0 radical (unpaired) electrons. The van der Waals surface area contributed by atoms with Gasteiger partial charge in [-0.05, 0) is 122 Å². The van der Waals surface area contributed by atoms with E-state index in [1.165, 1.54) is 34.1 Å². The number of benzene rings is 8. The summed E-state index contributed by atoms with van der Waals surface area (Å²) in [4.78, 5) is 22.7. The van der Waals surface area contributed by atoms with E-state index in [0.717, 1.165) is 15.9 Å². The summed E-state index contributed by atoms with van der Waals surface area (Å²) < 4.78 is 76.7. The predicted molar refractivity (Wildman–Crippen MR) is 305 cm³/mol. The van der Waals surface area contributed by atoms with E-state index in [0.29, 0.717) is 26.2 Å². The van der Waals surface area contributed by atoms with Gasteiger partial charge in [-0.25, -0.2) is 0 Å². The number of carbonyl (C=O) groups is 2. The van der Waals surface area contributed by atoms with Crippen LogP contribution in [0.15, 0.2) is 215 Å². The monoisotopic (exact) mass is 1310 g/mol. The van der Waals surface area contributed by atoms with Crippen molar-refractivity contribution in [3.05, 3.63) is 236 Å². The van der Waals surface area contributed by atoms with Gasteiger partial charge in [-0.1, -0.05) is 185 Å². The molecule has 72 heavy (non-hydrogen) atoms. The maximum atomic E-state index is 13.1. The minimum Gasteiger partial charge on any atom is -0.318 e. The average Bonchev–Trinajstić information content (AvgIpc) is 3.37. The molecule has 8 rings (SSSR count). The zero-order valence-corrected chi connectivity index (χ0v) is 47.1. The highest BCUT2D eigenvalue weighted by Crippen LogP contribution is 2.59. The van der Waals surface area contributed by atoms with Gasteiger partial charge in [0.2, 0.25) is 0 Å². The standard InChI is InChI=1S/C27H19BrClF3NOP.C18H15P.C9H5Br2ClF3NO.BrH/c28-23-16-19(25(17-24(23)29)33-26(34)27(30,31)32)18-35(20-10-4-1-5-11-20,21-12-6-2-7-13-21)22-14-8-3-9-15-22;1-4-10-16(11-5-1)19(17-12-6-2-7-13-17)18-14-8-3-9-15-18;10-3-4-1-5(11)6(12)2-7(4)16-8(17)9(13,14)15;/h1-17H,18H2;1-15H;1-2H,3H2,(H,16,17);1H/p+1. The Morgan fingerprint density at radius 1 is 0.472 bits per heavy atom. The highest BCUT2D eigenvalue weighted by molar-refractivity contribution is 9.11. The fraction of sp³-hybridized carbons (Fsp3) is 0.0741. The van der Waals surface area contributed by atoms with E-state index in [4.69, 9.17) is 23.2 Å². The molecule has 0 fully saturated rings. The van der Waals surface area contributed by atoms with E-state index in [9.17, 15) is 35.9 Å². The first kappa shape index (κ1) is 58.5. The Hall–Kier alpha value is -4.36. The zero-order valence-electron chi connectivity index (χ0n) is 37.3. The van der Waals surface area contributed by atoms with Gasteiger partial charge in [0.15, 0.2) is 0 Å². The molecule has 0 aliphatic rings. The van der Waals surface area contributed by atoms with E-state index in [1.807, 2.05) is 96.3 Å². The summed E-state index contributed by atoms with van der Waals surface area (Å²) in [6.07, 6.45) is -9.58. The Morgan fingerprint density at radius 2 is 0.750 bits per heavy atom. The van der Waals surface area contributed by atoms with Crippen molar-refractivity contribution in [1.29, 1.82) is 0 Å². The van der Waals surface area contributed by atoms with Gasteiger partial charge in [-0.3, -0.25) is 9.59 Å². The van der Waals surface area contributed by atoms with Gasteiger partial charge in [0.25, 0.3) is 0 Å². The Kier molecular flexibility index (Phi) is 22.2. The van der Waals surface area contributed by atoms with E-state index in [-0.39, 0.29) is 43.7 Å². The molecule has 2 amide bonds. The lowest BCUT2D eigenvalue weighted by molar-refractivity contribution is -0.167. The molecule has 8 aromatic rings. The molecule has 4 nitrogen and oxygen atoms in total. The predicted octanol–water partition coefficient (Wildman–Crippen LogP) is 15.6. The maximum Gasteiger partial charge on any atom is 0.471 e. The smallest absolute Gasteiger partial charge is 0.318 e. The van der Waals surface area contributed by atoms with Crippen molar-refractivity contribution in [1.82, 2.24) is 0 Å². The molecule has 0 aromatic heterocycles. The summed E-state index contributed by atoms with van der Waals surface area (Å²) in [5, 5.41) is 11.9. The molecule has 0 spiro atoms. The Balaban J connectivity index is 0.000000219. The zero-order chi connectivity index (χ0) is 51.2. The molecule has 0 saturated carbocycles. The number of hydrogen-bond donors (Lipinski definition) is 2. The van der Waals surface area contributed by atoms with Crippen LogP contribution in [0.5, 0.6) is 0 Å². The lowest BCUT2D eigenvalue weighted by Gasteiger charge is -2.29. The molecule has 0 heterocycles. The average molecular weight is 1320 g/mol. The van der Waals surface area contributed by atoms with Crippen molar-refractivity contribution in [3.8, 4) is 0 Å². The van der Waals surface area contributed by atoms with Gasteiger partial charge in [0.05, 0.1) is 10.0 Å². The van der Waals surface area contributed by atoms with E-state index >= 15 is 0 Å². The molecule has 0 atom stereocenters. The maximum absolute atomic E-state index is 13.1. The molecule has 0 aliphatic carbocycles. The summed E-state index contributed by atoms with van der Waals surface area (Å²) >= 11 is 21.6. The number of carbonyl (C=O) groups excluding carboxylic acids is 2. The molecular weight excluding hydrogens is 1280 g/mol. The molecule has 0 unspecified atom stereocenters. The second-order valence-electron chi connectivity index (χ2n) is 15.2. The van der Waals surface area contributed by atoms with Crippen molar-refractivity contribution in [2.24, 2.45) is 0 Å². The van der Waals surface area contributed by atoms with Crippen molar-refractivity contribution in [3.63, 3.8) is 0 Å². The molecule has 0 aliphatic heterocycles. The van der Waals surface area contributed by atoms with Crippen LogP contribution < -0.4 is 42.5 Å². The highest BCUT2D eigenvalue weighted by atomic mass is 79.9. The fourth-order valence-electron chi connectivity index (χ4n) is 7.24. The van der Waals surface area contributed by atoms with Gasteiger partial charge < -0.3 is 10.6 Å². The Bertz CT molecular complexity index is 2820. The number of anilines is 2. The molecule has 8 aromatic carbocycles. The van der Waals surface area contributed by atoms with Crippen LogP contribution in [0.1, 0.15) is 11.1 Å². The van der Waals surface area contributed by atoms with Gasteiger partial charge in [-0.15, -0.1) is 17.0 Å². The first-order chi connectivity index (χ1) is 33.9. The Labute approximate surface area is 461 Å². The van der Waals surface area contributed by atoms with E-state index in [1.54, 1.807) is 11.4 Å². The molecule has 2 N–H and O–H groups in total. The molecule has 0 bridgehead atoms. The third-order valence-corrected chi connectivity index (χ3v) is 20.3. The number of hydrogen-bond acceptors (Lipinski definition) is 2.